The van der Waals surface area contributed by atoms with E-state index in [4.69, 9.17) is 32.9 Å². The number of hydrogen-bond acceptors (Lipinski definition) is 5. The normalized spacial score (nSPS) is 15.7. The third-order valence-corrected chi connectivity index (χ3v) is 6.71. The number of methoxy groups -OCH3 is 1. The van der Waals surface area contributed by atoms with E-state index in [2.05, 4.69) is 0 Å². The van der Waals surface area contributed by atoms with Crippen LogP contribution in [-0.4, -0.2) is 17.7 Å². The molecule has 0 bridgehead atoms. The molecule has 152 valence electrons. The highest BCUT2D eigenvalue weighted by Crippen LogP contribution is 2.49. The SMILES string of the molecule is COc1cccc2c1SC(c1ccc([N+](=O)[O-])cc1)CC(c1ccc(Cl)cc1Cl)=N2. The average Bonchev–Trinajstić information content (AvgIpc) is 2.93. The molecule has 1 heterocycles. The molecule has 0 aliphatic carbocycles. The van der Waals surface area contributed by atoms with Gasteiger partial charge in [0.2, 0.25) is 0 Å². The van der Waals surface area contributed by atoms with Crippen molar-refractivity contribution in [3.8, 4) is 5.75 Å². The largest absolute Gasteiger partial charge is 0.496 e. The second-order valence-electron chi connectivity index (χ2n) is 6.65. The lowest BCUT2D eigenvalue weighted by molar-refractivity contribution is -0.384. The number of nitro groups is 1. The monoisotopic (exact) mass is 458 g/mol. The van der Waals surface area contributed by atoms with Gasteiger partial charge in [-0.1, -0.05) is 47.5 Å². The van der Waals surface area contributed by atoms with E-state index in [0.717, 1.165) is 33.2 Å². The third kappa shape index (κ3) is 4.17. The fraction of sp³-hybridized carbons (Fsp3) is 0.136. The first-order valence-electron chi connectivity index (χ1n) is 9.07. The zero-order valence-electron chi connectivity index (χ0n) is 15.8. The predicted octanol–water partition coefficient (Wildman–Crippen LogP) is 7.27. The molecule has 0 N–H and O–H groups in total. The van der Waals surface area contributed by atoms with Crippen molar-refractivity contribution >= 4 is 52.1 Å². The summed E-state index contributed by atoms with van der Waals surface area (Å²) in [5.41, 5.74) is 3.45. The Hall–Kier alpha value is -2.54. The van der Waals surface area contributed by atoms with Gasteiger partial charge >= 0.3 is 0 Å². The molecule has 5 nitrogen and oxygen atoms in total. The Morgan fingerprint density at radius 1 is 1.13 bits per heavy atom. The van der Waals surface area contributed by atoms with E-state index >= 15 is 0 Å². The predicted molar refractivity (Wildman–Crippen MR) is 122 cm³/mol. The molecule has 1 aliphatic rings. The summed E-state index contributed by atoms with van der Waals surface area (Å²) in [4.78, 5) is 16.5. The van der Waals surface area contributed by atoms with Crippen LogP contribution in [0.25, 0.3) is 0 Å². The van der Waals surface area contributed by atoms with Crippen LogP contribution in [0.3, 0.4) is 0 Å². The second kappa shape index (κ2) is 8.68. The van der Waals surface area contributed by atoms with Crippen molar-refractivity contribution in [1.29, 1.82) is 0 Å². The summed E-state index contributed by atoms with van der Waals surface area (Å²) in [5.74, 6) is 0.733. The summed E-state index contributed by atoms with van der Waals surface area (Å²) in [6.07, 6.45) is 0.585. The van der Waals surface area contributed by atoms with Crippen molar-refractivity contribution in [3.63, 3.8) is 0 Å². The molecule has 0 saturated carbocycles. The van der Waals surface area contributed by atoms with E-state index in [9.17, 15) is 10.1 Å². The zero-order valence-corrected chi connectivity index (χ0v) is 18.2. The number of hydrogen-bond donors (Lipinski definition) is 0. The van der Waals surface area contributed by atoms with Gasteiger partial charge in [0, 0.05) is 34.4 Å². The van der Waals surface area contributed by atoms with Crippen molar-refractivity contribution in [2.24, 2.45) is 4.99 Å². The molecular weight excluding hydrogens is 443 g/mol. The number of nitrogens with zero attached hydrogens (tertiary/aromatic N) is 2. The minimum atomic E-state index is -0.400. The van der Waals surface area contributed by atoms with Gasteiger partial charge in [-0.05, 0) is 29.8 Å². The number of ether oxygens (including phenoxy) is 1. The average molecular weight is 459 g/mol. The number of rotatable bonds is 4. The lowest BCUT2D eigenvalue weighted by atomic mass is 10.0. The number of non-ortho nitro benzene ring substituents is 1. The van der Waals surface area contributed by atoms with Crippen molar-refractivity contribution in [1.82, 2.24) is 0 Å². The molecule has 1 aliphatic heterocycles. The highest BCUT2D eigenvalue weighted by Gasteiger charge is 2.26. The molecule has 1 atom stereocenters. The molecule has 30 heavy (non-hydrogen) atoms. The Morgan fingerprint density at radius 3 is 2.57 bits per heavy atom. The summed E-state index contributed by atoms with van der Waals surface area (Å²) in [6.45, 7) is 0. The Balaban J connectivity index is 1.83. The highest BCUT2D eigenvalue weighted by atomic mass is 35.5. The number of benzene rings is 3. The summed E-state index contributed by atoms with van der Waals surface area (Å²) < 4.78 is 5.56. The number of thioether (sulfide) groups is 1. The molecule has 0 saturated heterocycles. The van der Waals surface area contributed by atoms with Crippen LogP contribution in [0, 0.1) is 10.1 Å². The smallest absolute Gasteiger partial charge is 0.269 e. The zero-order chi connectivity index (χ0) is 21.3. The fourth-order valence-electron chi connectivity index (χ4n) is 3.31. The van der Waals surface area contributed by atoms with Crippen LogP contribution < -0.4 is 4.74 Å². The van der Waals surface area contributed by atoms with E-state index in [0.29, 0.717) is 16.5 Å². The Bertz CT molecular complexity index is 1150. The lowest BCUT2D eigenvalue weighted by Crippen LogP contribution is -2.06. The van der Waals surface area contributed by atoms with Gasteiger partial charge in [-0.15, -0.1) is 11.8 Å². The van der Waals surface area contributed by atoms with Crippen molar-refractivity contribution in [2.75, 3.05) is 7.11 Å². The van der Waals surface area contributed by atoms with Gasteiger partial charge in [0.1, 0.15) is 5.75 Å². The van der Waals surface area contributed by atoms with E-state index in [-0.39, 0.29) is 10.9 Å². The summed E-state index contributed by atoms with van der Waals surface area (Å²) in [7, 11) is 1.63. The summed E-state index contributed by atoms with van der Waals surface area (Å²) in [5, 5.41) is 12.1. The first-order chi connectivity index (χ1) is 14.5. The number of nitro benzene ring substituents is 1. The summed E-state index contributed by atoms with van der Waals surface area (Å²) >= 11 is 14.2. The molecule has 0 aromatic heterocycles. The van der Waals surface area contributed by atoms with E-state index in [1.807, 2.05) is 24.3 Å². The van der Waals surface area contributed by atoms with E-state index < -0.39 is 4.92 Å². The summed E-state index contributed by atoms with van der Waals surface area (Å²) in [6, 6.07) is 17.7. The molecule has 1 unspecified atom stereocenters. The molecule has 0 fully saturated rings. The third-order valence-electron chi connectivity index (χ3n) is 4.79. The molecule has 0 amide bonds. The molecular formula is C22H16Cl2N2O3S. The molecule has 8 heteroatoms. The van der Waals surface area contributed by atoms with Gasteiger partial charge in [-0.2, -0.15) is 0 Å². The molecule has 3 aromatic rings. The molecule has 4 rings (SSSR count). The van der Waals surface area contributed by atoms with Crippen LogP contribution in [-0.2, 0) is 0 Å². The Labute approximate surface area is 187 Å². The minimum Gasteiger partial charge on any atom is -0.496 e. The van der Waals surface area contributed by atoms with E-state index in [1.165, 1.54) is 12.1 Å². The highest BCUT2D eigenvalue weighted by molar-refractivity contribution is 7.99. The van der Waals surface area contributed by atoms with Crippen LogP contribution in [0.1, 0.15) is 22.8 Å². The fourth-order valence-corrected chi connectivity index (χ4v) is 5.15. The van der Waals surface area contributed by atoms with Crippen LogP contribution in [0.5, 0.6) is 5.75 Å². The molecule has 0 spiro atoms. The number of fused-ring (bicyclic) bond motifs is 1. The van der Waals surface area contributed by atoms with Crippen molar-refractivity contribution in [3.05, 3.63) is 92.0 Å². The van der Waals surface area contributed by atoms with Gasteiger partial charge in [-0.3, -0.25) is 15.1 Å². The topological polar surface area (TPSA) is 64.7 Å². The molecule has 3 aromatic carbocycles. The maximum atomic E-state index is 11.0. The van der Waals surface area contributed by atoms with Gasteiger partial charge < -0.3 is 4.74 Å². The maximum Gasteiger partial charge on any atom is 0.269 e. The first-order valence-corrected chi connectivity index (χ1v) is 10.7. The first kappa shape index (κ1) is 20.7. The van der Waals surface area contributed by atoms with Crippen LogP contribution >= 0.6 is 35.0 Å². The van der Waals surface area contributed by atoms with Gasteiger partial charge in [0.05, 0.1) is 33.4 Å². The lowest BCUT2D eigenvalue weighted by Gasteiger charge is -2.17. The number of halogens is 2. The van der Waals surface area contributed by atoms with Gasteiger partial charge in [-0.25, -0.2) is 0 Å². The maximum absolute atomic E-state index is 11.0. The quantitative estimate of drug-likeness (QED) is 0.304. The van der Waals surface area contributed by atoms with Gasteiger partial charge in [0.25, 0.3) is 5.69 Å². The second-order valence-corrected chi connectivity index (χ2v) is 8.71. The van der Waals surface area contributed by atoms with E-state index in [1.54, 1.807) is 43.1 Å². The van der Waals surface area contributed by atoms with Crippen molar-refractivity contribution in [2.45, 2.75) is 16.6 Å². The van der Waals surface area contributed by atoms with Gasteiger partial charge in [0.15, 0.2) is 0 Å². The Morgan fingerprint density at radius 2 is 1.90 bits per heavy atom. The Kier molecular flexibility index (Phi) is 5.99. The minimum absolute atomic E-state index is 0.0335. The number of aliphatic imine (C=N–C) groups is 1. The van der Waals surface area contributed by atoms with Crippen molar-refractivity contribution < 1.29 is 9.66 Å². The van der Waals surface area contributed by atoms with Crippen LogP contribution in [0.15, 0.2) is 70.6 Å². The molecule has 0 radical (unpaired) electrons. The standard InChI is InChI=1S/C22H16Cl2N2O3S/c1-29-20-4-2-3-18-22(20)30-21(13-5-8-15(9-6-13)26(27)28)12-19(25-18)16-10-7-14(23)11-17(16)24/h2-11,21H,12H2,1H3. The van der Waals surface area contributed by atoms with Crippen LogP contribution in [0.2, 0.25) is 10.0 Å². The van der Waals surface area contributed by atoms with Crippen LogP contribution in [0.4, 0.5) is 11.4 Å².